The van der Waals surface area contributed by atoms with Crippen molar-refractivity contribution in [2.24, 2.45) is 0 Å². The van der Waals surface area contributed by atoms with Crippen molar-refractivity contribution in [1.82, 2.24) is 0 Å². The molecule has 0 bridgehead atoms. The van der Waals surface area contributed by atoms with E-state index in [1.54, 1.807) is 12.1 Å². The lowest BCUT2D eigenvalue weighted by Gasteiger charge is -2.05. The van der Waals surface area contributed by atoms with E-state index in [1.165, 1.54) is 77.0 Å². The highest BCUT2D eigenvalue weighted by atomic mass is 31.2. The van der Waals surface area contributed by atoms with E-state index in [4.69, 9.17) is 14.7 Å². The third-order valence-corrected chi connectivity index (χ3v) is 5.85. The van der Waals surface area contributed by atoms with Crippen LogP contribution in [0.1, 0.15) is 106 Å². The second-order valence-electron chi connectivity index (χ2n) is 7.56. The molecule has 0 amide bonds. The van der Waals surface area contributed by atoms with E-state index in [0.717, 1.165) is 18.4 Å². The summed E-state index contributed by atoms with van der Waals surface area (Å²) in [5, 5.41) is 0. The van der Waals surface area contributed by atoms with E-state index in [-0.39, 0.29) is 5.56 Å². The average Bonchev–Trinajstić information content (AvgIpc) is 2.64. The summed E-state index contributed by atoms with van der Waals surface area (Å²) in [6.45, 7) is 2.26. The maximum Gasteiger partial charge on any atom is 0.483 e. The summed E-state index contributed by atoms with van der Waals surface area (Å²) >= 11 is 0. The van der Waals surface area contributed by atoms with Crippen LogP contribution in [0.4, 0.5) is 0 Å². The fourth-order valence-electron chi connectivity index (χ4n) is 3.33. The molecule has 0 saturated carbocycles. The first-order valence-corrected chi connectivity index (χ1v) is 12.3. The Kier molecular flexibility index (Phi) is 12.8. The zero-order valence-corrected chi connectivity index (χ0v) is 17.8. The fraction of sp³-hybridized carbons (Fsp3) is 0.682. The van der Waals surface area contributed by atoms with E-state index < -0.39 is 13.5 Å². The molecule has 0 unspecified atom stereocenters. The lowest BCUT2D eigenvalue weighted by Crippen LogP contribution is -2.05. The predicted octanol–water partition coefficient (Wildman–Crippen LogP) is 6.20. The summed E-state index contributed by atoms with van der Waals surface area (Å²) in [6.07, 6.45) is 18.3. The van der Waals surface area contributed by atoms with Crippen LogP contribution in [0.15, 0.2) is 24.3 Å². The quantitative estimate of drug-likeness (QED) is 0.229. The lowest BCUT2D eigenvalue weighted by atomic mass is 10.0. The van der Waals surface area contributed by atoms with Gasteiger partial charge in [-0.15, -0.1) is 0 Å². The molecule has 0 heterocycles. The Balaban J connectivity index is 2.00. The van der Waals surface area contributed by atoms with Crippen molar-refractivity contribution in [1.29, 1.82) is 0 Å². The van der Waals surface area contributed by atoms with E-state index in [9.17, 15) is 4.79 Å². The van der Waals surface area contributed by atoms with Gasteiger partial charge in [-0.3, -0.25) is 0 Å². The SMILES string of the molecule is CCCCCCCCCCCCCCCc1ccc(C(=O)[P+](O)(O)O)cc1. The van der Waals surface area contributed by atoms with E-state index in [2.05, 4.69) is 6.92 Å². The van der Waals surface area contributed by atoms with Crippen LogP contribution in [0.5, 0.6) is 0 Å². The molecule has 27 heavy (non-hydrogen) atoms. The van der Waals surface area contributed by atoms with Crippen molar-refractivity contribution in [3.05, 3.63) is 35.4 Å². The van der Waals surface area contributed by atoms with Crippen molar-refractivity contribution in [3.8, 4) is 0 Å². The first kappa shape index (κ1) is 24.2. The molecule has 1 aromatic rings. The summed E-state index contributed by atoms with van der Waals surface area (Å²) in [6, 6.07) is 6.75. The minimum absolute atomic E-state index is 0.143. The molecule has 154 valence electrons. The van der Waals surface area contributed by atoms with Crippen molar-refractivity contribution in [2.45, 2.75) is 96.8 Å². The second-order valence-corrected chi connectivity index (χ2v) is 9.11. The molecule has 5 heteroatoms. The zero-order chi connectivity index (χ0) is 20.0. The molecule has 1 aromatic carbocycles. The Morgan fingerprint density at radius 3 is 1.52 bits per heavy atom. The molecule has 0 aliphatic rings. The third kappa shape index (κ3) is 11.6. The Hall–Kier alpha value is -0.800. The van der Waals surface area contributed by atoms with Crippen LogP contribution in [0.3, 0.4) is 0 Å². The molecule has 0 spiro atoms. The maximum atomic E-state index is 11.6. The first-order chi connectivity index (χ1) is 12.9. The number of benzene rings is 1. The predicted molar refractivity (Wildman–Crippen MR) is 114 cm³/mol. The highest BCUT2D eigenvalue weighted by molar-refractivity contribution is 7.76. The van der Waals surface area contributed by atoms with Crippen LogP contribution < -0.4 is 0 Å². The van der Waals surface area contributed by atoms with Gasteiger partial charge in [0.1, 0.15) is 0 Å². The first-order valence-electron chi connectivity index (χ1n) is 10.7. The molecule has 0 fully saturated rings. The summed E-state index contributed by atoms with van der Waals surface area (Å²) in [4.78, 5) is 38.6. The molecule has 0 aliphatic heterocycles. The zero-order valence-electron chi connectivity index (χ0n) is 16.9. The standard InChI is InChI=1S/C22H38O4P/c1-2-3-4-5-6-7-8-9-10-11-12-13-14-15-20-16-18-21(19-17-20)22(23)27(24,25)26/h16-19,24-26H,2-15H2,1H3/q+1. The van der Waals surface area contributed by atoms with Gasteiger partial charge >= 0.3 is 13.5 Å². The number of rotatable bonds is 16. The molecule has 4 nitrogen and oxygen atoms in total. The normalized spacial score (nSPS) is 11.7. The summed E-state index contributed by atoms with van der Waals surface area (Å²) in [7, 11) is -4.43. The molecular formula is C22H38O4P+. The van der Waals surface area contributed by atoms with Crippen LogP contribution in [0, 0.1) is 0 Å². The van der Waals surface area contributed by atoms with Crippen molar-refractivity contribution >= 4 is 13.5 Å². The highest BCUT2D eigenvalue weighted by Gasteiger charge is 2.43. The lowest BCUT2D eigenvalue weighted by molar-refractivity contribution is 0.102. The minimum atomic E-state index is -4.43. The summed E-state index contributed by atoms with van der Waals surface area (Å²) < 4.78 is 0. The van der Waals surface area contributed by atoms with Crippen LogP contribution in [0.25, 0.3) is 0 Å². The Labute approximate surface area is 165 Å². The number of carbonyl (C=O) groups excluding carboxylic acids is 1. The van der Waals surface area contributed by atoms with Crippen LogP contribution in [0.2, 0.25) is 0 Å². The fourth-order valence-corrected chi connectivity index (χ4v) is 3.83. The molecule has 3 N–H and O–H groups in total. The van der Waals surface area contributed by atoms with Gasteiger partial charge in [0, 0.05) is 0 Å². The monoisotopic (exact) mass is 397 g/mol. The van der Waals surface area contributed by atoms with Gasteiger partial charge in [-0.1, -0.05) is 96.1 Å². The number of hydrogen-bond acceptors (Lipinski definition) is 4. The number of unbranched alkanes of at least 4 members (excludes halogenated alkanes) is 12. The van der Waals surface area contributed by atoms with Gasteiger partial charge in [-0.05, 0) is 30.5 Å². The number of aryl methyl sites for hydroxylation is 1. The number of hydrogen-bond donors (Lipinski definition) is 3. The smallest absolute Gasteiger partial charge is 0.238 e. The molecule has 0 atom stereocenters. The van der Waals surface area contributed by atoms with Gasteiger partial charge in [0.2, 0.25) is 0 Å². The van der Waals surface area contributed by atoms with Crippen LogP contribution in [-0.4, -0.2) is 20.2 Å². The molecule has 0 saturated heterocycles. The molecule has 0 radical (unpaired) electrons. The Morgan fingerprint density at radius 2 is 1.11 bits per heavy atom. The van der Waals surface area contributed by atoms with E-state index in [1.807, 2.05) is 12.1 Å². The van der Waals surface area contributed by atoms with Gasteiger partial charge in [0.15, 0.2) is 0 Å². The van der Waals surface area contributed by atoms with Crippen LogP contribution in [-0.2, 0) is 6.42 Å². The van der Waals surface area contributed by atoms with E-state index in [0.29, 0.717) is 0 Å². The Bertz CT molecular complexity index is 508. The average molecular weight is 398 g/mol. The topological polar surface area (TPSA) is 77.8 Å². The minimum Gasteiger partial charge on any atom is -0.238 e. The largest absolute Gasteiger partial charge is 0.483 e. The number of carbonyl (C=O) groups is 1. The third-order valence-electron chi connectivity index (χ3n) is 5.04. The van der Waals surface area contributed by atoms with Crippen molar-refractivity contribution < 1.29 is 19.5 Å². The van der Waals surface area contributed by atoms with Crippen molar-refractivity contribution in [2.75, 3.05) is 0 Å². The molecule has 0 aliphatic carbocycles. The molecular weight excluding hydrogens is 359 g/mol. The highest BCUT2D eigenvalue weighted by Crippen LogP contribution is 2.47. The summed E-state index contributed by atoms with van der Waals surface area (Å²) in [5.74, 6) is 0. The van der Waals surface area contributed by atoms with Gasteiger partial charge < -0.3 is 0 Å². The van der Waals surface area contributed by atoms with Crippen molar-refractivity contribution in [3.63, 3.8) is 0 Å². The molecule has 0 aromatic heterocycles. The van der Waals surface area contributed by atoms with Gasteiger partial charge in [0.05, 0.1) is 5.56 Å². The summed E-state index contributed by atoms with van der Waals surface area (Å²) in [5.41, 5.74) is 0.285. The maximum absolute atomic E-state index is 11.6. The second kappa shape index (κ2) is 14.2. The van der Waals surface area contributed by atoms with Gasteiger partial charge in [-0.25, -0.2) is 4.79 Å². The molecule has 1 rings (SSSR count). The van der Waals surface area contributed by atoms with E-state index >= 15 is 0 Å². The van der Waals surface area contributed by atoms with Gasteiger partial charge in [0.25, 0.3) is 0 Å². The Morgan fingerprint density at radius 1 is 0.704 bits per heavy atom. The van der Waals surface area contributed by atoms with Gasteiger partial charge in [-0.2, -0.15) is 14.7 Å². The van der Waals surface area contributed by atoms with Crippen LogP contribution >= 0.6 is 7.94 Å².